The molecule has 0 radical (unpaired) electrons. The third-order valence-electron chi connectivity index (χ3n) is 2.28. The van der Waals surface area contributed by atoms with E-state index in [1.165, 1.54) is 34.4 Å². The Morgan fingerprint density at radius 2 is 2.19 bits per heavy atom. The molecule has 2 amide bonds. The standard InChI is InChI=1S/C12H14N4O2S3/c1-3-13-9(17)6-20-12-16-15-11(21-12)14-10(18)8-4-7(2)5-19-8/h4-5H,3,6H2,1-2H3,(H,13,17)(H,14,15,18). The van der Waals surface area contributed by atoms with Gasteiger partial charge in [0.05, 0.1) is 10.6 Å². The van der Waals surface area contributed by atoms with Crippen LogP contribution in [0.1, 0.15) is 22.2 Å². The second-order valence-corrected chi connectivity index (χ2v) is 7.17. The van der Waals surface area contributed by atoms with Gasteiger partial charge in [-0.05, 0) is 30.9 Å². The molecule has 9 heteroatoms. The fourth-order valence-electron chi connectivity index (χ4n) is 1.40. The van der Waals surface area contributed by atoms with Crippen molar-refractivity contribution in [2.75, 3.05) is 17.6 Å². The van der Waals surface area contributed by atoms with Gasteiger partial charge >= 0.3 is 0 Å². The summed E-state index contributed by atoms with van der Waals surface area (Å²) in [5, 5.41) is 15.6. The number of aryl methyl sites for hydroxylation is 1. The molecule has 2 aromatic rings. The van der Waals surface area contributed by atoms with Crippen LogP contribution in [0, 0.1) is 6.92 Å². The first-order chi connectivity index (χ1) is 10.1. The molecule has 0 saturated carbocycles. The van der Waals surface area contributed by atoms with Gasteiger partial charge in [-0.15, -0.1) is 21.5 Å². The SMILES string of the molecule is CCNC(=O)CSc1nnc(NC(=O)c2cc(C)cs2)s1. The Hall–Kier alpha value is -1.45. The number of nitrogens with zero attached hydrogens (tertiary/aromatic N) is 2. The lowest BCUT2D eigenvalue weighted by Gasteiger charge is -1.98. The first-order valence-corrected chi connectivity index (χ1v) is 8.86. The maximum atomic E-state index is 12.0. The quantitative estimate of drug-likeness (QED) is 0.622. The van der Waals surface area contributed by atoms with E-state index in [2.05, 4.69) is 20.8 Å². The number of hydrogen-bond donors (Lipinski definition) is 2. The third-order valence-corrected chi connectivity index (χ3v) is 5.30. The van der Waals surface area contributed by atoms with Crippen molar-refractivity contribution in [2.24, 2.45) is 0 Å². The fourth-order valence-corrected chi connectivity index (χ4v) is 3.77. The number of carbonyl (C=O) groups is 2. The van der Waals surface area contributed by atoms with Gasteiger partial charge in [0.2, 0.25) is 11.0 Å². The van der Waals surface area contributed by atoms with E-state index >= 15 is 0 Å². The number of carbonyl (C=O) groups excluding carboxylic acids is 2. The summed E-state index contributed by atoms with van der Waals surface area (Å²) >= 11 is 3.95. The van der Waals surface area contributed by atoms with E-state index in [4.69, 9.17) is 0 Å². The predicted octanol–water partition coefficient (Wildman–Crippen LogP) is 2.39. The van der Waals surface area contributed by atoms with Crippen LogP contribution in [0.5, 0.6) is 0 Å². The Morgan fingerprint density at radius 1 is 1.38 bits per heavy atom. The molecule has 0 aromatic carbocycles. The molecule has 0 unspecified atom stereocenters. The fraction of sp³-hybridized carbons (Fsp3) is 0.333. The molecule has 0 aliphatic rings. The summed E-state index contributed by atoms with van der Waals surface area (Å²) in [4.78, 5) is 23.9. The monoisotopic (exact) mass is 342 g/mol. The van der Waals surface area contributed by atoms with Crippen LogP contribution in [0.15, 0.2) is 15.8 Å². The average Bonchev–Trinajstić information content (AvgIpc) is 3.06. The molecule has 2 N–H and O–H groups in total. The predicted molar refractivity (Wildman–Crippen MR) is 86.3 cm³/mol. The minimum absolute atomic E-state index is 0.0441. The van der Waals surface area contributed by atoms with E-state index in [0.29, 0.717) is 26.6 Å². The molecule has 2 rings (SSSR count). The number of hydrogen-bond acceptors (Lipinski definition) is 7. The van der Waals surface area contributed by atoms with Crippen molar-refractivity contribution < 1.29 is 9.59 Å². The molecule has 0 bridgehead atoms. The minimum Gasteiger partial charge on any atom is -0.356 e. The molecule has 0 aliphatic heterocycles. The highest BCUT2D eigenvalue weighted by Gasteiger charge is 2.12. The van der Waals surface area contributed by atoms with Gasteiger partial charge in [-0.2, -0.15) is 0 Å². The topological polar surface area (TPSA) is 84.0 Å². The van der Waals surface area contributed by atoms with Gasteiger partial charge in [0, 0.05) is 6.54 Å². The zero-order chi connectivity index (χ0) is 15.2. The lowest BCUT2D eigenvalue weighted by atomic mass is 10.3. The summed E-state index contributed by atoms with van der Waals surface area (Å²) in [6, 6.07) is 1.83. The van der Waals surface area contributed by atoms with Crippen molar-refractivity contribution >= 4 is 51.4 Å². The van der Waals surface area contributed by atoms with E-state index < -0.39 is 0 Å². The van der Waals surface area contributed by atoms with Crippen molar-refractivity contribution in [2.45, 2.75) is 18.2 Å². The van der Waals surface area contributed by atoms with E-state index in [1.807, 2.05) is 25.3 Å². The number of nitrogens with one attached hydrogen (secondary N) is 2. The van der Waals surface area contributed by atoms with Crippen molar-refractivity contribution in [1.82, 2.24) is 15.5 Å². The van der Waals surface area contributed by atoms with Crippen molar-refractivity contribution in [3.63, 3.8) is 0 Å². The molecule has 0 aliphatic carbocycles. The van der Waals surface area contributed by atoms with Gasteiger partial charge in [0.25, 0.3) is 5.91 Å². The van der Waals surface area contributed by atoms with Crippen LogP contribution < -0.4 is 10.6 Å². The lowest BCUT2D eigenvalue weighted by molar-refractivity contribution is -0.118. The summed E-state index contributed by atoms with van der Waals surface area (Å²) in [5.74, 6) is 0.0578. The molecule has 21 heavy (non-hydrogen) atoms. The Kier molecular flexibility index (Phi) is 5.71. The first kappa shape index (κ1) is 15.9. The van der Waals surface area contributed by atoms with Gasteiger partial charge in [-0.3, -0.25) is 14.9 Å². The number of aromatic nitrogens is 2. The Bertz CT molecular complexity index is 638. The Balaban J connectivity index is 1.88. The summed E-state index contributed by atoms with van der Waals surface area (Å²) in [7, 11) is 0. The molecule has 0 atom stereocenters. The van der Waals surface area contributed by atoms with Crippen molar-refractivity contribution in [3.05, 3.63) is 21.9 Å². The van der Waals surface area contributed by atoms with Crippen LogP contribution in [-0.2, 0) is 4.79 Å². The number of amides is 2. The average molecular weight is 342 g/mol. The smallest absolute Gasteiger partial charge is 0.267 e. The van der Waals surface area contributed by atoms with Crippen LogP contribution in [0.25, 0.3) is 0 Å². The van der Waals surface area contributed by atoms with Gasteiger partial charge in [-0.25, -0.2) is 0 Å². The van der Waals surface area contributed by atoms with Crippen molar-refractivity contribution in [1.29, 1.82) is 0 Å². The van der Waals surface area contributed by atoms with Gasteiger partial charge in [0.15, 0.2) is 4.34 Å². The first-order valence-electron chi connectivity index (χ1n) is 6.18. The van der Waals surface area contributed by atoms with E-state index in [0.717, 1.165) is 5.56 Å². The van der Waals surface area contributed by atoms with E-state index in [9.17, 15) is 9.59 Å². The van der Waals surface area contributed by atoms with Crippen LogP contribution in [-0.4, -0.2) is 34.3 Å². The Morgan fingerprint density at radius 3 is 2.86 bits per heavy atom. The normalized spacial score (nSPS) is 10.4. The largest absolute Gasteiger partial charge is 0.356 e. The molecule has 0 spiro atoms. The van der Waals surface area contributed by atoms with Crippen LogP contribution in [0.3, 0.4) is 0 Å². The number of thioether (sulfide) groups is 1. The number of rotatable bonds is 6. The maximum absolute atomic E-state index is 12.0. The van der Waals surface area contributed by atoms with Gasteiger partial charge in [-0.1, -0.05) is 23.1 Å². The van der Waals surface area contributed by atoms with Gasteiger partial charge in [0.1, 0.15) is 0 Å². The molecule has 6 nitrogen and oxygen atoms in total. The second kappa shape index (κ2) is 7.53. The van der Waals surface area contributed by atoms with E-state index in [-0.39, 0.29) is 11.8 Å². The number of anilines is 1. The molecule has 112 valence electrons. The van der Waals surface area contributed by atoms with Crippen molar-refractivity contribution in [3.8, 4) is 0 Å². The molecule has 0 saturated heterocycles. The van der Waals surface area contributed by atoms with E-state index in [1.54, 1.807) is 0 Å². The van der Waals surface area contributed by atoms with Crippen LogP contribution in [0.4, 0.5) is 5.13 Å². The molecule has 0 fully saturated rings. The van der Waals surface area contributed by atoms with Crippen LogP contribution >= 0.6 is 34.4 Å². The highest BCUT2D eigenvalue weighted by Crippen LogP contribution is 2.26. The van der Waals surface area contributed by atoms with Crippen LogP contribution in [0.2, 0.25) is 0 Å². The lowest BCUT2D eigenvalue weighted by Crippen LogP contribution is -2.24. The zero-order valence-electron chi connectivity index (χ0n) is 11.5. The minimum atomic E-state index is -0.190. The molecular weight excluding hydrogens is 328 g/mol. The highest BCUT2D eigenvalue weighted by molar-refractivity contribution is 8.01. The van der Waals surface area contributed by atoms with Gasteiger partial charge < -0.3 is 5.32 Å². The second-order valence-electron chi connectivity index (χ2n) is 4.06. The zero-order valence-corrected chi connectivity index (χ0v) is 14.0. The summed E-state index contributed by atoms with van der Waals surface area (Å²) in [5.41, 5.74) is 1.06. The third kappa shape index (κ3) is 4.80. The summed E-state index contributed by atoms with van der Waals surface area (Å²) < 4.78 is 0.652. The summed E-state index contributed by atoms with van der Waals surface area (Å²) in [6.07, 6.45) is 0. The maximum Gasteiger partial charge on any atom is 0.267 e. The summed E-state index contributed by atoms with van der Waals surface area (Å²) in [6.45, 7) is 4.42. The number of thiophene rings is 1. The molecular formula is C12H14N4O2S3. The molecule has 2 aromatic heterocycles. The Labute approximate surface area is 134 Å². The highest BCUT2D eigenvalue weighted by atomic mass is 32.2. The molecule has 2 heterocycles.